The summed E-state index contributed by atoms with van der Waals surface area (Å²) in [6.45, 7) is 0. The molecule has 2 N–H and O–H groups in total. The highest BCUT2D eigenvalue weighted by Crippen LogP contribution is 2.28. The third-order valence-electron chi connectivity index (χ3n) is 2.75. The molecule has 0 saturated heterocycles. The molecule has 0 radical (unpaired) electrons. The first-order valence-corrected chi connectivity index (χ1v) is 6.09. The van der Waals surface area contributed by atoms with Crippen LogP contribution >= 0.6 is 11.6 Å². The second kappa shape index (κ2) is 4.74. The zero-order valence-electron chi connectivity index (χ0n) is 9.84. The molecule has 0 spiro atoms. The highest BCUT2D eigenvalue weighted by atomic mass is 35.5. The fraction of sp³-hybridized carbons (Fsp3) is 0. The Bertz CT molecular complexity index is 746. The maximum absolute atomic E-state index is 9.45. The average Bonchev–Trinajstić information content (AvgIpc) is 2.42. The molecule has 0 unspecified atom stereocenters. The van der Waals surface area contributed by atoms with Crippen molar-refractivity contribution in [1.29, 1.82) is 0 Å². The first kappa shape index (κ1) is 11.7. The standard InChI is InChI=1S/C14H10ClN3O/c15-13-11-6-1-2-7-12(11)14(18-17-13)16-9-4-3-5-10(19)8-9/h1-8,19H,(H,16,18). The van der Waals surface area contributed by atoms with Crippen LogP contribution in [0.5, 0.6) is 5.75 Å². The number of nitrogens with zero attached hydrogens (tertiary/aromatic N) is 2. The van der Waals surface area contributed by atoms with Gasteiger partial charge >= 0.3 is 0 Å². The van der Waals surface area contributed by atoms with E-state index in [-0.39, 0.29) is 5.75 Å². The number of nitrogens with one attached hydrogen (secondary N) is 1. The van der Waals surface area contributed by atoms with Gasteiger partial charge in [-0.25, -0.2) is 0 Å². The molecule has 1 heterocycles. The fourth-order valence-corrected chi connectivity index (χ4v) is 2.09. The zero-order valence-corrected chi connectivity index (χ0v) is 10.6. The van der Waals surface area contributed by atoms with E-state index in [0.29, 0.717) is 11.0 Å². The van der Waals surface area contributed by atoms with Crippen LogP contribution in [0.15, 0.2) is 48.5 Å². The van der Waals surface area contributed by atoms with Crippen LogP contribution in [-0.4, -0.2) is 15.3 Å². The second-order valence-electron chi connectivity index (χ2n) is 4.06. The maximum Gasteiger partial charge on any atom is 0.161 e. The van der Waals surface area contributed by atoms with E-state index < -0.39 is 0 Å². The monoisotopic (exact) mass is 271 g/mol. The number of phenolic OH excluding ortho intramolecular Hbond substituents is 1. The predicted molar refractivity (Wildman–Crippen MR) is 75.9 cm³/mol. The summed E-state index contributed by atoms with van der Waals surface area (Å²) in [5.74, 6) is 0.793. The van der Waals surface area contributed by atoms with Crippen LogP contribution in [0.4, 0.5) is 11.5 Å². The molecule has 0 aliphatic carbocycles. The summed E-state index contributed by atoms with van der Waals surface area (Å²) in [4.78, 5) is 0. The molecule has 5 heteroatoms. The summed E-state index contributed by atoms with van der Waals surface area (Å²) in [7, 11) is 0. The number of phenols is 1. The Morgan fingerprint density at radius 1 is 0.947 bits per heavy atom. The van der Waals surface area contributed by atoms with Crippen LogP contribution in [0.1, 0.15) is 0 Å². The van der Waals surface area contributed by atoms with Crippen molar-refractivity contribution in [2.24, 2.45) is 0 Å². The van der Waals surface area contributed by atoms with Gasteiger partial charge in [0.1, 0.15) is 5.75 Å². The summed E-state index contributed by atoms with van der Waals surface area (Å²) in [5, 5.41) is 22.6. The summed E-state index contributed by atoms with van der Waals surface area (Å²) < 4.78 is 0. The van der Waals surface area contributed by atoms with E-state index in [0.717, 1.165) is 16.5 Å². The van der Waals surface area contributed by atoms with Crippen LogP contribution in [0.25, 0.3) is 10.8 Å². The van der Waals surface area contributed by atoms with Crippen LogP contribution < -0.4 is 5.32 Å². The average molecular weight is 272 g/mol. The van der Waals surface area contributed by atoms with Gasteiger partial charge in [0.2, 0.25) is 0 Å². The van der Waals surface area contributed by atoms with E-state index in [1.807, 2.05) is 30.3 Å². The molecule has 0 aliphatic heterocycles. The topological polar surface area (TPSA) is 58.0 Å². The van der Waals surface area contributed by atoms with Gasteiger partial charge in [-0.05, 0) is 12.1 Å². The number of benzene rings is 2. The van der Waals surface area contributed by atoms with E-state index in [2.05, 4.69) is 15.5 Å². The minimum absolute atomic E-state index is 0.191. The Morgan fingerprint density at radius 3 is 2.53 bits per heavy atom. The minimum atomic E-state index is 0.191. The van der Waals surface area contributed by atoms with E-state index >= 15 is 0 Å². The van der Waals surface area contributed by atoms with Gasteiger partial charge in [-0.1, -0.05) is 41.9 Å². The van der Waals surface area contributed by atoms with Crippen molar-refractivity contribution in [3.05, 3.63) is 53.7 Å². The van der Waals surface area contributed by atoms with Gasteiger partial charge in [-0.3, -0.25) is 0 Å². The lowest BCUT2D eigenvalue weighted by molar-refractivity contribution is 0.475. The SMILES string of the molecule is Oc1cccc(Nc2nnc(Cl)c3ccccc23)c1. The number of hydrogen-bond acceptors (Lipinski definition) is 4. The Kier molecular flexibility index (Phi) is 2.93. The number of halogens is 1. The van der Waals surface area contributed by atoms with Gasteiger partial charge in [0.25, 0.3) is 0 Å². The normalized spacial score (nSPS) is 10.6. The van der Waals surface area contributed by atoms with Gasteiger partial charge < -0.3 is 10.4 Å². The Hall–Kier alpha value is -2.33. The molecule has 0 amide bonds. The van der Waals surface area contributed by atoms with Crippen molar-refractivity contribution in [3.8, 4) is 5.75 Å². The van der Waals surface area contributed by atoms with E-state index in [4.69, 9.17) is 11.6 Å². The van der Waals surface area contributed by atoms with Crippen molar-refractivity contribution in [1.82, 2.24) is 10.2 Å². The maximum atomic E-state index is 9.45. The third kappa shape index (κ3) is 2.30. The highest BCUT2D eigenvalue weighted by Gasteiger charge is 2.07. The molecule has 0 aliphatic rings. The number of anilines is 2. The third-order valence-corrected chi connectivity index (χ3v) is 3.03. The number of hydrogen-bond donors (Lipinski definition) is 2. The van der Waals surface area contributed by atoms with Gasteiger partial charge in [-0.15, -0.1) is 10.2 Å². The molecular weight excluding hydrogens is 262 g/mol. The van der Waals surface area contributed by atoms with Crippen LogP contribution in [0, 0.1) is 0 Å². The van der Waals surface area contributed by atoms with Crippen LogP contribution in [0.2, 0.25) is 5.15 Å². The van der Waals surface area contributed by atoms with Crippen molar-refractivity contribution in [2.45, 2.75) is 0 Å². The Labute approximate surface area is 114 Å². The number of fused-ring (bicyclic) bond motifs is 1. The van der Waals surface area contributed by atoms with E-state index in [9.17, 15) is 5.11 Å². The van der Waals surface area contributed by atoms with Gasteiger partial charge in [-0.2, -0.15) is 0 Å². The molecule has 19 heavy (non-hydrogen) atoms. The zero-order chi connectivity index (χ0) is 13.2. The summed E-state index contributed by atoms with van der Waals surface area (Å²) in [6.07, 6.45) is 0. The van der Waals surface area contributed by atoms with E-state index in [1.54, 1.807) is 18.2 Å². The predicted octanol–water partition coefficient (Wildman–Crippen LogP) is 3.73. The molecule has 4 nitrogen and oxygen atoms in total. The molecule has 3 aromatic rings. The fourth-order valence-electron chi connectivity index (χ4n) is 1.88. The second-order valence-corrected chi connectivity index (χ2v) is 4.42. The molecule has 2 aromatic carbocycles. The van der Waals surface area contributed by atoms with Crippen molar-refractivity contribution < 1.29 is 5.11 Å². The Balaban J connectivity index is 2.09. The summed E-state index contributed by atoms with van der Waals surface area (Å²) in [5.41, 5.74) is 0.738. The molecule has 0 atom stereocenters. The molecular formula is C14H10ClN3O. The smallest absolute Gasteiger partial charge is 0.161 e. The largest absolute Gasteiger partial charge is 0.508 e. The quantitative estimate of drug-likeness (QED) is 0.746. The van der Waals surface area contributed by atoms with Crippen molar-refractivity contribution in [3.63, 3.8) is 0 Å². The van der Waals surface area contributed by atoms with Crippen molar-refractivity contribution in [2.75, 3.05) is 5.32 Å². The lowest BCUT2D eigenvalue weighted by Gasteiger charge is -2.08. The highest BCUT2D eigenvalue weighted by molar-refractivity contribution is 6.34. The van der Waals surface area contributed by atoms with Gasteiger partial charge in [0, 0.05) is 22.5 Å². The van der Waals surface area contributed by atoms with Crippen LogP contribution in [-0.2, 0) is 0 Å². The number of aromatic nitrogens is 2. The summed E-state index contributed by atoms with van der Waals surface area (Å²) in [6, 6.07) is 14.4. The minimum Gasteiger partial charge on any atom is -0.508 e. The summed E-state index contributed by atoms with van der Waals surface area (Å²) >= 11 is 6.02. The lowest BCUT2D eigenvalue weighted by Crippen LogP contribution is -1.97. The number of rotatable bonds is 2. The molecule has 94 valence electrons. The van der Waals surface area contributed by atoms with Crippen molar-refractivity contribution >= 4 is 33.9 Å². The molecule has 3 rings (SSSR count). The Morgan fingerprint density at radius 2 is 1.74 bits per heavy atom. The molecule has 0 bridgehead atoms. The number of aromatic hydroxyl groups is 1. The molecule has 0 saturated carbocycles. The first-order chi connectivity index (χ1) is 9.24. The van der Waals surface area contributed by atoms with Crippen LogP contribution in [0.3, 0.4) is 0 Å². The van der Waals surface area contributed by atoms with E-state index in [1.165, 1.54) is 0 Å². The van der Waals surface area contributed by atoms with Gasteiger partial charge in [0.15, 0.2) is 11.0 Å². The first-order valence-electron chi connectivity index (χ1n) is 5.71. The van der Waals surface area contributed by atoms with Gasteiger partial charge in [0.05, 0.1) is 0 Å². The molecule has 1 aromatic heterocycles. The molecule has 0 fully saturated rings. The lowest BCUT2D eigenvalue weighted by atomic mass is 10.2.